The van der Waals surface area contributed by atoms with Crippen LogP contribution < -0.4 is 10.1 Å². The van der Waals surface area contributed by atoms with E-state index < -0.39 is 6.10 Å². The first-order valence-electron chi connectivity index (χ1n) is 8.57. The lowest BCUT2D eigenvalue weighted by atomic mass is 9.83. The van der Waals surface area contributed by atoms with Gasteiger partial charge in [0.1, 0.15) is 5.75 Å². The molecule has 2 amide bonds. The predicted octanol–water partition coefficient (Wildman–Crippen LogP) is 3.24. The highest BCUT2D eigenvalue weighted by molar-refractivity contribution is 5.91. The Kier molecular flexibility index (Phi) is 5.06. The van der Waals surface area contributed by atoms with Crippen molar-refractivity contribution in [2.24, 2.45) is 5.92 Å². The van der Waals surface area contributed by atoms with E-state index in [1.165, 1.54) is 19.3 Å². The van der Waals surface area contributed by atoms with Crippen LogP contribution in [0.15, 0.2) is 24.3 Å². The van der Waals surface area contributed by atoms with Crippen molar-refractivity contribution in [3.63, 3.8) is 0 Å². The van der Waals surface area contributed by atoms with Crippen molar-refractivity contribution in [1.29, 1.82) is 0 Å². The molecule has 1 saturated heterocycles. The monoisotopic (exact) mass is 318 g/mol. The van der Waals surface area contributed by atoms with Crippen molar-refractivity contribution < 1.29 is 14.6 Å². The smallest absolute Gasteiger partial charge is 0.322 e. The maximum Gasteiger partial charge on any atom is 0.322 e. The first-order chi connectivity index (χ1) is 11.2. The number of carbonyl (C=O) groups is 1. The van der Waals surface area contributed by atoms with E-state index in [4.69, 9.17) is 4.74 Å². The molecule has 0 aromatic heterocycles. The molecule has 3 rings (SSSR count). The van der Waals surface area contributed by atoms with E-state index in [1.807, 2.05) is 29.2 Å². The summed E-state index contributed by atoms with van der Waals surface area (Å²) in [5.74, 6) is 1.17. The fraction of sp³-hybridized carbons (Fsp3) is 0.611. The molecule has 5 heteroatoms. The summed E-state index contributed by atoms with van der Waals surface area (Å²) in [7, 11) is 1.59. The third-order valence-electron chi connectivity index (χ3n) is 5.12. The molecule has 5 nitrogen and oxygen atoms in total. The van der Waals surface area contributed by atoms with Gasteiger partial charge in [0.2, 0.25) is 0 Å². The number of likely N-dealkylation sites (tertiary alicyclic amines) is 1. The number of β-amino-alcohol motifs (C(OH)–C–C–N with tert-alkyl or cyclic N) is 1. The molecule has 0 bridgehead atoms. The van der Waals surface area contributed by atoms with Crippen LogP contribution in [0.3, 0.4) is 0 Å². The number of nitrogens with one attached hydrogen (secondary N) is 1. The number of anilines is 1. The minimum absolute atomic E-state index is 0.137. The van der Waals surface area contributed by atoms with E-state index in [-0.39, 0.29) is 12.1 Å². The molecular weight excluding hydrogens is 292 g/mol. The van der Waals surface area contributed by atoms with E-state index in [9.17, 15) is 9.90 Å². The highest BCUT2D eigenvalue weighted by atomic mass is 16.5. The zero-order chi connectivity index (χ0) is 16.2. The first-order valence-corrected chi connectivity index (χ1v) is 8.57. The second kappa shape index (κ2) is 7.21. The fourth-order valence-corrected chi connectivity index (χ4v) is 3.98. The number of benzene rings is 1. The summed E-state index contributed by atoms with van der Waals surface area (Å²) in [5.41, 5.74) is 0.670. The number of aliphatic hydroxyl groups is 1. The lowest BCUT2D eigenvalue weighted by Crippen LogP contribution is -2.43. The number of hydrogen-bond acceptors (Lipinski definition) is 3. The van der Waals surface area contributed by atoms with Gasteiger partial charge < -0.3 is 20.1 Å². The van der Waals surface area contributed by atoms with E-state index in [1.54, 1.807) is 7.11 Å². The van der Waals surface area contributed by atoms with Gasteiger partial charge in [-0.15, -0.1) is 0 Å². The Morgan fingerprint density at radius 3 is 2.74 bits per heavy atom. The largest absolute Gasteiger partial charge is 0.495 e. The molecule has 1 aromatic rings. The number of rotatable bonds is 3. The molecular formula is C18H26N2O3. The average molecular weight is 318 g/mol. The van der Waals surface area contributed by atoms with Crippen LogP contribution in [0, 0.1) is 5.92 Å². The van der Waals surface area contributed by atoms with Crippen LogP contribution in [0.25, 0.3) is 0 Å². The Morgan fingerprint density at radius 2 is 2.00 bits per heavy atom. The third kappa shape index (κ3) is 3.61. The molecule has 126 valence electrons. The number of aliphatic hydroxyl groups excluding tert-OH is 1. The average Bonchev–Trinajstić information content (AvgIpc) is 2.98. The molecule has 1 saturated carbocycles. The molecule has 2 aliphatic rings. The van der Waals surface area contributed by atoms with Crippen molar-refractivity contribution in [2.75, 3.05) is 19.0 Å². The summed E-state index contributed by atoms with van der Waals surface area (Å²) in [4.78, 5) is 14.6. The molecule has 1 aromatic carbocycles. The zero-order valence-corrected chi connectivity index (χ0v) is 13.7. The zero-order valence-electron chi connectivity index (χ0n) is 13.7. The van der Waals surface area contributed by atoms with Gasteiger partial charge in [0, 0.05) is 12.6 Å². The topological polar surface area (TPSA) is 61.8 Å². The Morgan fingerprint density at radius 1 is 1.26 bits per heavy atom. The Labute approximate surface area is 137 Å². The lowest BCUT2D eigenvalue weighted by molar-refractivity contribution is 0.164. The van der Waals surface area contributed by atoms with Crippen molar-refractivity contribution in [3.8, 4) is 5.75 Å². The van der Waals surface area contributed by atoms with Gasteiger partial charge in [0.05, 0.1) is 18.9 Å². The van der Waals surface area contributed by atoms with Crippen LogP contribution in [0.1, 0.15) is 38.5 Å². The normalized spacial score (nSPS) is 25.4. The number of carbonyl (C=O) groups excluding carboxylic acids is 1. The second-order valence-corrected chi connectivity index (χ2v) is 6.64. The number of para-hydroxylation sites is 2. The van der Waals surface area contributed by atoms with Gasteiger partial charge in [-0.1, -0.05) is 31.4 Å². The van der Waals surface area contributed by atoms with Gasteiger partial charge in [0.15, 0.2) is 0 Å². The molecule has 2 N–H and O–H groups in total. The number of hydrogen-bond donors (Lipinski definition) is 2. The van der Waals surface area contributed by atoms with Crippen molar-refractivity contribution in [3.05, 3.63) is 24.3 Å². The van der Waals surface area contributed by atoms with Gasteiger partial charge in [-0.25, -0.2) is 4.79 Å². The van der Waals surface area contributed by atoms with Gasteiger partial charge >= 0.3 is 6.03 Å². The van der Waals surface area contributed by atoms with Crippen LogP contribution in [0.2, 0.25) is 0 Å². The highest BCUT2D eigenvalue weighted by Crippen LogP contribution is 2.35. The van der Waals surface area contributed by atoms with Gasteiger partial charge in [-0.05, 0) is 37.3 Å². The van der Waals surface area contributed by atoms with Gasteiger partial charge in [-0.2, -0.15) is 0 Å². The van der Waals surface area contributed by atoms with Crippen molar-refractivity contribution in [1.82, 2.24) is 4.90 Å². The number of ether oxygens (including phenoxy) is 1. The van der Waals surface area contributed by atoms with E-state index in [0.717, 1.165) is 12.8 Å². The SMILES string of the molecule is COc1ccccc1NC(=O)N1CC(O)CC1C1CCCCC1. The van der Waals surface area contributed by atoms with Crippen molar-refractivity contribution in [2.45, 2.75) is 50.7 Å². The maximum atomic E-state index is 12.7. The summed E-state index contributed by atoms with van der Waals surface area (Å²) in [5, 5.41) is 13.0. The Balaban J connectivity index is 1.71. The van der Waals surface area contributed by atoms with Crippen LogP contribution in [-0.4, -0.2) is 41.8 Å². The molecule has 2 unspecified atom stereocenters. The predicted molar refractivity (Wildman–Crippen MR) is 89.7 cm³/mol. The van der Waals surface area contributed by atoms with Crippen LogP contribution >= 0.6 is 0 Å². The molecule has 1 aliphatic heterocycles. The summed E-state index contributed by atoms with van der Waals surface area (Å²) in [6.07, 6.45) is 6.37. The quantitative estimate of drug-likeness (QED) is 0.899. The molecule has 23 heavy (non-hydrogen) atoms. The number of urea groups is 1. The molecule has 2 fully saturated rings. The number of nitrogens with zero attached hydrogens (tertiary/aromatic N) is 1. The Hall–Kier alpha value is -1.75. The minimum atomic E-state index is -0.412. The summed E-state index contributed by atoms with van der Waals surface area (Å²) in [6.45, 7) is 0.419. The van der Waals surface area contributed by atoms with Gasteiger partial charge in [-0.3, -0.25) is 0 Å². The fourth-order valence-electron chi connectivity index (χ4n) is 3.98. The van der Waals surface area contributed by atoms with E-state index in [0.29, 0.717) is 30.3 Å². The lowest BCUT2D eigenvalue weighted by Gasteiger charge is -2.33. The number of methoxy groups -OCH3 is 1. The Bertz CT molecular complexity index is 543. The molecule has 1 heterocycles. The van der Waals surface area contributed by atoms with Crippen LogP contribution in [0.5, 0.6) is 5.75 Å². The highest BCUT2D eigenvalue weighted by Gasteiger charge is 2.39. The molecule has 0 radical (unpaired) electrons. The molecule has 0 spiro atoms. The second-order valence-electron chi connectivity index (χ2n) is 6.64. The summed E-state index contributed by atoms with van der Waals surface area (Å²) >= 11 is 0. The molecule has 1 aliphatic carbocycles. The van der Waals surface area contributed by atoms with Crippen LogP contribution in [-0.2, 0) is 0 Å². The number of amides is 2. The van der Waals surface area contributed by atoms with Crippen LogP contribution in [0.4, 0.5) is 10.5 Å². The summed E-state index contributed by atoms with van der Waals surface area (Å²) in [6, 6.07) is 7.42. The first kappa shape index (κ1) is 16.1. The van der Waals surface area contributed by atoms with E-state index in [2.05, 4.69) is 5.32 Å². The minimum Gasteiger partial charge on any atom is -0.495 e. The van der Waals surface area contributed by atoms with Crippen molar-refractivity contribution >= 4 is 11.7 Å². The summed E-state index contributed by atoms with van der Waals surface area (Å²) < 4.78 is 5.29. The van der Waals surface area contributed by atoms with Gasteiger partial charge in [0.25, 0.3) is 0 Å². The maximum absolute atomic E-state index is 12.7. The molecule has 2 atom stereocenters. The third-order valence-corrected chi connectivity index (χ3v) is 5.12. The van der Waals surface area contributed by atoms with E-state index >= 15 is 0 Å². The standard InChI is InChI=1S/C18H26N2O3/c1-23-17-10-6-5-9-15(17)19-18(22)20-12-14(21)11-16(20)13-7-3-2-4-8-13/h5-6,9-10,13-14,16,21H,2-4,7-8,11-12H2,1H3,(H,19,22).